The van der Waals surface area contributed by atoms with E-state index in [1.165, 1.54) is 63.4 Å². The molecular weight excluding hydrogens is 440 g/mol. The molecule has 36 heavy (non-hydrogen) atoms. The van der Waals surface area contributed by atoms with Gasteiger partial charge in [-0.05, 0) is 123 Å². The highest BCUT2D eigenvalue weighted by atomic mass is 16.5. The largest absolute Gasteiger partial charge is 0.384 e. The lowest BCUT2D eigenvalue weighted by Gasteiger charge is -2.60. The monoisotopic (exact) mass is 500 g/mol. The second-order valence-electron chi connectivity index (χ2n) is 13.2. The minimum atomic E-state index is 0.377. The van der Waals surface area contributed by atoms with Crippen LogP contribution in [-0.4, -0.2) is 37.5 Å². The smallest absolute Gasteiger partial charge is 0.0701 e. The number of fused-ring (bicyclic) bond motifs is 5. The third kappa shape index (κ3) is 5.34. The van der Waals surface area contributed by atoms with Crippen LogP contribution in [0.15, 0.2) is 17.3 Å². The molecule has 0 aromatic rings. The number of rotatable bonds is 5. The topological polar surface area (TPSA) is 24.8 Å². The van der Waals surface area contributed by atoms with E-state index >= 15 is 0 Å². The quantitative estimate of drug-likeness (QED) is 0.376. The molecule has 0 aromatic heterocycles. The molecule has 0 aromatic carbocycles. The maximum atomic E-state index is 5.56. The Morgan fingerprint density at radius 1 is 1.00 bits per heavy atom. The van der Waals surface area contributed by atoms with Crippen molar-refractivity contribution in [3.8, 4) is 0 Å². The molecular formula is C33H60N2O. The molecule has 0 N–H and O–H groups in total. The molecule has 208 valence electrons. The van der Waals surface area contributed by atoms with Crippen molar-refractivity contribution in [1.29, 1.82) is 0 Å². The molecule has 3 nitrogen and oxygen atoms in total. The van der Waals surface area contributed by atoms with Gasteiger partial charge in [0, 0.05) is 20.3 Å². The minimum Gasteiger partial charge on any atom is -0.384 e. The fourth-order valence-corrected chi connectivity index (χ4v) is 9.95. The van der Waals surface area contributed by atoms with Gasteiger partial charge >= 0.3 is 0 Å². The Labute approximate surface area is 224 Å². The average Bonchev–Trinajstić information content (AvgIpc) is 3.40. The molecule has 1 aliphatic heterocycles. The van der Waals surface area contributed by atoms with Crippen LogP contribution in [0.25, 0.3) is 0 Å². The molecule has 0 bridgehead atoms. The highest BCUT2D eigenvalue weighted by Gasteiger charge is 2.59. The normalized spacial score (nSPS) is 43.9. The molecule has 5 aliphatic rings. The molecule has 1 heterocycles. The van der Waals surface area contributed by atoms with Crippen molar-refractivity contribution < 1.29 is 4.74 Å². The van der Waals surface area contributed by atoms with E-state index < -0.39 is 0 Å². The first kappa shape index (κ1) is 29.7. The third-order valence-electron chi connectivity index (χ3n) is 11.6. The van der Waals surface area contributed by atoms with E-state index in [1.807, 2.05) is 41.0 Å². The van der Waals surface area contributed by atoms with Crippen molar-refractivity contribution in [3.05, 3.63) is 12.2 Å². The van der Waals surface area contributed by atoms with Crippen LogP contribution in [0.4, 0.5) is 0 Å². The first-order valence-corrected chi connectivity index (χ1v) is 15.7. The molecule has 4 aliphatic carbocycles. The molecule has 10 unspecified atom stereocenters. The van der Waals surface area contributed by atoms with E-state index in [9.17, 15) is 0 Å². The van der Waals surface area contributed by atoms with Gasteiger partial charge in [0.2, 0.25) is 0 Å². The standard InChI is InChI=1S/C29H48N2O.2C2H6/c1-19-16-30-31(21(19)3)17-20(2)25-9-10-27-24-11-13-28(4)15-22(18-32-6)7-8-26(28)23(24)12-14-29(25,27)5;2*1-2/h16,20-27H,1,7-15,17-18H2,2-6H3;2*1-2H3. The Balaban J connectivity index is 0.000000861. The summed E-state index contributed by atoms with van der Waals surface area (Å²) in [4.78, 5) is 0. The van der Waals surface area contributed by atoms with Gasteiger partial charge in [0.05, 0.1) is 12.3 Å². The van der Waals surface area contributed by atoms with E-state index in [2.05, 4.69) is 44.4 Å². The van der Waals surface area contributed by atoms with Gasteiger partial charge in [-0.25, -0.2) is 0 Å². The van der Waals surface area contributed by atoms with E-state index in [0.717, 1.165) is 48.7 Å². The summed E-state index contributed by atoms with van der Waals surface area (Å²) in [6, 6.07) is 0.377. The summed E-state index contributed by atoms with van der Waals surface area (Å²) in [5.74, 6) is 6.30. The summed E-state index contributed by atoms with van der Waals surface area (Å²) in [6.45, 7) is 24.4. The lowest BCUT2D eigenvalue weighted by atomic mass is 9.45. The van der Waals surface area contributed by atoms with Crippen LogP contribution in [0.3, 0.4) is 0 Å². The average molecular weight is 501 g/mol. The Morgan fingerprint density at radius 2 is 1.64 bits per heavy atom. The summed E-state index contributed by atoms with van der Waals surface area (Å²) in [5, 5.41) is 6.98. The van der Waals surface area contributed by atoms with Crippen LogP contribution in [0.2, 0.25) is 0 Å². The van der Waals surface area contributed by atoms with Gasteiger partial charge in [0.1, 0.15) is 0 Å². The van der Waals surface area contributed by atoms with Crippen LogP contribution in [0, 0.1) is 52.3 Å². The molecule has 5 rings (SSSR count). The predicted octanol–water partition coefficient (Wildman–Crippen LogP) is 8.84. The van der Waals surface area contributed by atoms with E-state index in [1.54, 1.807) is 0 Å². The highest BCUT2D eigenvalue weighted by Crippen LogP contribution is 2.67. The maximum Gasteiger partial charge on any atom is 0.0701 e. The van der Waals surface area contributed by atoms with Gasteiger partial charge < -0.3 is 4.74 Å². The SMILES string of the molecule is C=C1C=NN(CC(C)C2CCC3C4CCC5(C)CC(COC)CCC5C4CCC23C)C1C.CC.CC. The number of hydrogen-bond acceptors (Lipinski definition) is 3. The zero-order chi connectivity index (χ0) is 26.7. The number of ether oxygens (including phenoxy) is 1. The summed E-state index contributed by atoms with van der Waals surface area (Å²) in [7, 11) is 1.89. The summed E-state index contributed by atoms with van der Waals surface area (Å²) in [6.07, 6.45) is 15.1. The number of methoxy groups -OCH3 is 1. The second-order valence-corrected chi connectivity index (χ2v) is 13.2. The Morgan fingerprint density at radius 3 is 2.28 bits per heavy atom. The fraction of sp³-hybridized carbons (Fsp3) is 0.909. The third-order valence-corrected chi connectivity index (χ3v) is 11.6. The first-order chi connectivity index (χ1) is 17.3. The number of nitrogens with zero attached hydrogens (tertiary/aromatic N) is 2. The maximum absolute atomic E-state index is 5.56. The lowest BCUT2D eigenvalue weighted by Crippen LogP contribution is -2.52. The molecule has 0 saturated heterocycles. The van der Waals surface area contributed by atoms with E-state index in [0.29, 0.717) is 22.8 Å². The van der Waals surface area contributed by atoms with Crippen molar-refractivity contribution in [1.82, 2.24) is 5.01 Å². The Bertz CT molecular complexity index is 748. The van der Waals surface area contributed by atoms with E-state index in [4.69, 9.17) is 4.74 Å². The predicted molar refractivity (Wildman–Crippen MR) is 156 cm³/mol. The second kappa shape index (κ2) is 12.4. The first-order valence-electron chi connectivity index (χ1n) is 15.7. The van der Waals surface area contributed by atoms with Gasteiger partial charge in [-0.1, -0.05) is 55.0 Å². The van der Waals surface area contributed by atoms with Crippen molar-refractivity contribution in [2.75, 3.05) is 20.3 Å². The van der Waals surface area contributed by atoms with Crippen LogP contribution in [-0.2, 0) is 4.74 Å². The molecule has 10 atom stereocenters. The van der Waals surface area contributed by atoms with Crippen molar-refractivity contribution in [3.63, 3.8) is 0 Å². The molecule has 0 radical (unpaired) electrons. The van der Waals surface area contributed by atoms with Gasteiger partial charge in [-0.3, -0.25) is 5.01 Å². The summed E-state index contributed by atoms with van der Waals surface area (Å²) < 4.78 is 5.56. The lowest BCUT2D eigenvalue weighted by molar-refractivity contribution is -0.112. The zero-order valence-corrected chi connectivity index (χ0v) is 25.5. The van der Waals surface area contributed by atoms with Crippen LogP contribution in [0.5, 0.6) is 0 Å². The molecule has 4 fully saturated rings. The van der Waals surface area contributed by atoms with Crippen LogP contribution in [0.1, 0.15) is 113 Å². The highest BCUT2D eigenvalue weighted by molar-refractivity contribution is 5.80. The van der Waals surface area contributed by atoms with Gasteiger partial charge in [-0.15, -0.1) is 0 Å². The zero-order valence-electron chi connectivity index (χ0n) is 25.5. The van der Waals surface area contributed by atoms with Gasteiger partial charge in [0.15, 0.2) is 0 Å². The molecule has 0 spiro atoms. The number of hydrazone groups is 1. The van der Waals surface area contributed by atoms with Crippen molar-refractivity contribution >= 4 is 6.21 Å². The van der Waals surface area contributed by atoms with Crippen molar-refractivity contribution in [2.45, 2.75) is 119 Å². The molecule has 3 heteroatoms. The summed E-state index contributed by atoms with van der Waals surface area (Å²) >= 11 is 0. The minimum absolute atomic E-state index is 0.377. The van der Waals surface area contributed by atoms with E-state index in [-0.39, 0.29) is 0 Å². The van der Waals surface area contributed by atoms with Crippen LogP contribution >= 0.6 is 0 Å². The van der Waals surface area contributed by atoms with Gasteiger partial charge in [0.25, 0.3) is 0 Å². The van der Waals surface area contributed by atoms with Gasteiger partial charge in [-0.2, -0.15) is 5.10 Å². The molecule has 4 saturated carbocycles. The Kier molecular flexibility index (Phi) is 10.2. The number of hydrogen-bond donors (Lipinski definition) is 0. The Hall–Kier alpha value is -0.830. The summed E-state index contributed by atoms with van der Waals surface area (Å²) in [5.41, 5.74) is 2.29. The molecule has 0 amide bonds. The van der Waals surface area contributed by atoms with Crippen LogP contribution < -0.4 is 0 Å². The fourth-order valence-electron chi connectivity index (χ4n) is 9.95. The van der Waals surface area contributed by atoms with Crippen molar-refractivity contribution in [2.24, 2.45) is 57.4 Å².